The molecule has 0 saturated carbocycles. The van der Waals surface area contributed by atoms with E-state index in [1.54, 1.807) is 13.8 Å². The second kappa shape index (κ2) is 11.2. The average Bonchev–Trinajstić information content (AvgIpc) is 3.13. The van der Waals surface area contributed by atoms with Crippen LogP contribution in [0.25, 0.3) is 0 Å². The van der Waals surface area contributed by atoms with Gasteiger partial charge in [0.15, 0.2) is 0 Å². The molecule has 4 amide bonds. The predicted molar refractivity (Wildman–Crippen MR) is 105 cm³/mol. The fourth-order valence-electron chi connectivity index (χ4n) is 3.21. The highest BCUT2D eigenvalue weighted by atomic mass is 16.4. The largest absolute Gasteiger partial charge is 0.481 e. The number of carbonyl (C=O) groups is 6. The van der Waals surface area contributed by atoms with Gasteiger partial charge >= 0.3 is 11.9 Å². The highest BCUT2D eigenvalue weighted by Crippen LogP contribution is 2.20. The van der Waals surface area contributed by atoms with Gasteiger partial charge in [0, 0.05) is 6.54 Å². The Kier molecular flexibility index (Phi) is 9.37. The number of carbonyl (C=O) groups excluding carboxylic acids is 4. The zero-order chi connectivity index (χ0) is 23.9. The molecule has 13 nitrogen and oxygen atoms in total. The number of nitrogens with zero attached hydrogens (tertiary/aromatic N) is 1. The van der Waals surface area contributed by atoms with Crippen molar-refractivity contribution in [3.63, 3.8) is 0 Å². The average molecular weight is 443 g/mol. The van der Waals surface area contributed by atoms with Gasteiger partial charge in [0.05, 0.1) is 18.9 Å². The number of hydrogen-bond donors (Lipinski definition) is 6. The van der Waals surface area contributed by atoms with Crippen molar-refractivity contribution in [1.29, 1.82) is 0 Å². The van der Waals surface area contributed by atoms with E-state index < -0.39 is 78.5 Å². The summed E-state index contributed by atoms with van der Waals surface area (Å²) in [6.07, 6.45) is -0.528. The van der Waals surface area contributed by atoms with Crippen molar-refractivity contribution in [2.45, 2.75) is 63.7 Å². The first-order valence-electron chi connectivity index (χ1n) is 9.74. The molecular formula is C18H29N5O8. The number of rotatable bonds is 11. The van der Waals surface area contributed by atoms with Gasteiger partial charge in [-0.1, -0.05) is 13.8 Å². The molecule has 8 N–H and O–H groups in total. The monoisotopic (exact) mass is 443 g/mol. The maximum Gasteiger partial charge on any atom is 0.326 e. The third kappa shape index (κ3) is 7.51. The van der Waals surface area contributed by atoms with E-state index in [2.05, 4.69) is 10.6 Å². The lowest BCUT2D eigenvalue weighted by atomic mass is 10.0. The van der Waals surface area contributed by atoms with Crippen molar-refractivity contribution in [2.75, 3.05) is 6.54 Å². The lowest BCUT2D eigenvalue weighted by molar-refractivity contribution is -0.150. The molecule has 0 aromatic carbocycles. The summed E-state index contributed by atoms with van der Waals surface area (Å²) in [4.78, 5) is 72.3. The number of nitrogens with two attached hydrogens (primary N) is 2. The van der Waals surface area contributed by atoms with Crippen molar-refractivity contribution in [2.24, 2.45) is 17.4 Å². The number of amides is 4. The van der Waals surface area contributed by atoms with Crippen LogP contribution in [-0.2, 0) is 28.8 Å². The Morgan fingerprint density at radius 2 is 1.65 bits per heavy atom. The van der Waals surface area contributed by atoms with Crippen molar-refractivity contribution in [3.8, 4) is 0 Å². The van der Waals surface area contributed by atoms with E-state index in [-0.39, 0.29) is 13.0 Å². The molecule has 0 spiro atoms. The van der Waals surface area contributed by atoms with Crippen LogP contribution in [0.1, 0.15) is 39.5 Å². The molecular weight excluding hydrogens is 414 g/mol. The Morgan fingerprint density at radius 3 is 2.13 bits per heavy atom. The molecule has 0 bridgehead atoms. The van der Waals surface area contributed by atoms with Gasteiger partial charge in [0.1, 0.15) is 18.1 Å². The summed E-state index contributed by atoms with van der Waals surface area (Å²) in [5, 5.41) is 22.9. The van der Waals surface area contributed by atoms with Crippen LogP contribution in [0.5, 0.6) is 0 Å². The molecule has 4 unspecified atom stereocenters. The molecule has 31 heavy (non-hydrogen) atoms. The number of hydrogen-bond acceptors (Lipinski definition) is 7. The van der Waals surface area contributed by atoms with Crippen LogP contribution in [0.4, 0.5) is 0 Å². The third-order valence-electron chi connectivity index (χ3n) is 4.82. The number of aliphatic carboxylic acids is 2. The fourth-order valence-corrected chi connectivity index (χ4v) is 3.21. The van der Waals surface area contributed by atoms with Crippen molar-refractivity contribution in [3.05, 3.63) is 0 Å². The van der Waals surface area contributed by atoms with Crippen molar-refractivity contribution in [1.82, 2.24) is 15.5 Å². The summed E-state index contributed by atoms with van der Waals surface area (Å²) in [7, 11) is 0. The molecule has 1 saturated heterocycles. The molecule has 0 aliphatic carbocycles. The minimum atomic E-state index is -1.58. The highest BCUT2D eigenvalue weighted by molar-refractivity contribution is 5.96. The topological polar surface area (TPSA) is 222 Å². The molecule has 1 fully saturated rings. The molecule has 13 heteroatoms. The van der Waals surface area contributed by atoms with Crippen LogP contribution in [0.2, 0.25) is 0 Å². The van der Waals surface area contributed by atoms with Gasteiger partial charge < -0.3 is 37.2 Å². The van der Waals surface area contributed by atoms with Gasteiger partial charge in [-0.25, -0.2) is 4.79 Å². The minimum absolute atomic E-state index is 0.214. The molecule has 0 aromatic rings. The second-order valence-corrected chi connectivity index (χ2v) is 7.69. The van der Waals surface area contributed by atoms with E-state index in [1.807, 2.05) is 0 Å². The van der Waals surface area contributed by atoms with Crippen LogP contribution in [-0.4, -0.2) is 81.4 Å². The summed E-state index contributed by atoms with van der Waals surface area (Å²) in [5.41, 5.74) is 10.5. The molecule has 0 radical (unpaired) electrons. The minimum Gasteiger partial charge on any atom is -0.481 e. The summed E-state index contributed by atoms with van der Waals surface area (Å²) >= 11 is 0. The van der Waals surface area contributed by atoms with Crippen LogP contribution in [0.15, 0.2) is 0 Å². The number of carboxylic acid groups (broad SMARTS) is 2. The second-order valence-electron chi connectivity index (χ2n) is 7.69. The molecule has 174 valence electrons. The van der Waals surface area contributed by atoms with Gasteiger partial charge in [-0.05, 0) is 18.8 Å². The maximum absolute atomic E-state index is 12.9. The standard InChI is InChI=1S/C18H29N5O8/c1-8(2)14(17(29)23-5-3-4-11(23)18(30)31)22-16(28)10(7-13(25)26)21-15(27)9(19)6-12(20)24/h8-11,14H,3-7,19H2,1-2H3,(H2,20,24)(H,21,27)(H,22,28)(H,25,26)(H,30,31). The van der Waals surface area contributed by atoms with E-state index in [0.717, 1.165) is 0 Å². The molecule has 0 aromatic heterocycles. The predicted octanol–water partition coefficient (Wildman–Crippen LogP) is -2.63. The summed E-state index contributed by atoms with van der Waals surface area (Å²) in [6, 6.07) is -5.11. The van der Waals surface area contributed by atoms with Gasteiger partial charge in [0.25, 0.3) is 0 Å². The zero-order valence-electron chi connectivity index (χ0n) is 17.4. The summed E-state index contributed by atoms with van der Waals surface area (Å²) in [5.74, 6) is -6.39. The molecule has 1 aliphatic rings. The van der Waals surface area contributed by atoms with Crippen LogP contribution >= 0.6 is 0 Å². The quantitative estimate of drug-likeness (QED) is 0.196. The van der Waals surface area contributed by atoms with E-state index in [4.69, 9.17) is 16.6 Å². The van der Waals surface area contributed by atoms with Crippen LogP contribution in [0.3, 0.4) is 0 Å². The summed E-state index contributed by atoms with van der Waals surface area (Å²) in [6.45, 7) is 3.47. The zero-order valence-corrected chi connectivity index (χ0v) is 17.4. The smallest absolute Gasteiger partial charge is 0.326 e. The number of carboxylic acids is 2. The lowest BCUT2D eigenvalue weighted by Gasteiger charge is -2.30. The Hall–Kier alpha value is -3.22. The fraction of sp³-hybridized carbons (Fsp3) is 0.667. The Morgan fingerprint density at radius 1 is 1.03 bits per heavy atom. The Labute approximate surface area is 178 Å². The van der Waals surface area contributed by atoms with E-state index in [9.17, 15) is 33.9 Å². The van der Waals surface area contributed by atoms with Crippen molar-refractivity contribution >= 4 is 35.6 Å². The molecule has 1 aliphatic heterocycles. The summed E-state index contributed by atoms with van der Waals surface area (Å²) < 4.78 is 0. The van der Waals surface area contributed by atoms with Crippen LogP contribution < -0.4 is 22.1 Å². The van der Waals surface area contributed by atoms with E-state index >= 15 is 0 Å². The normalized spacial score (nSPS) is 18.7. The first kappa shape index (κ1) is 25.8. The van der Waals surface area contributed by atoms with E-state index in [0.29, 0.717) is 6.42 Å². The van der Waals surface area contributed by atoms with E-state index in [1.165, 1.54) is 4.90 Å². The van der Waals surface area contributed by atoms with Gasteiger partial charge in [0.2, 0.25) is 23.6 Å². The SMILES string of the molecule is CC(C)C(NC(=O)C(CC(=O)O)NC(=O)C(N)CC(N)=O)C(=O)N1CCCC1C(=O)O. The first-order valence-corrected chi connectivity index (χ1v) is 9.74. The Balaban J connectivity index is 2.97. The van der Waals surface area contributed by atoms with Gasteiger partial charge in [-0.2, -0.15) is 0 Å². The van der Waals surface area contributed by atoms with Gasteiger partial charge in [-0.3, -0.25) is 24.0 Å². The number of likely N-dealkylation sites (tertiary alicyclic amines) is 1. The highest BCUT2D eigenvalue weighted by Gasteiger charge is 2.39. The molecule has 1 rings (SSSR count). The number of primary amides is 1. The molecule has 4 atom stereocenters. The lowest BCUT2D eigenvalue weighted by Crippen LogP contribution is -2.59. The third-order valence-corrected chi connectivity index (χ3v) is 4.82. The van der Waals surface area contributed by atoms with Crippen LogP contribution in [0, 0.1) is 5.92 Å². The number of nitrogens with one attached hydrogen (secondary N) is 2. The Bertz CT molecular complexity index is 740. The van der Waals surface area contributed by atoms with Gasteiger partial charge in [-0.15, -0.1) is 0 Å². The maximum atomic E-state index is 12.9. The van der Waals surface area contributed by atoms with Crippen molar-refractivity contribution < 1.29 is 39.0 Å². The molecule has 1 heterocycles. The first-order chi connectivity index (χ1) is 14.3.